The molecule has 1 aliphatic rings. The molecule has 1 amide bonds. The Morgan fingerprint density at radius 3 is 2.90 bits per heavy atom. The maximum absolute atomic E-state index is 12.0. The van der Waals surface area contributed by atoms with Gasteiger partial charge in [-0.2, -0.15) is 0 Å². The largest absolute Gasteiger partial charge is 0.399 e. The zero-order valence-electron chi connectivity index (χ0n) is 11.9. The standard InChI is InChI=1S/C15H22N2O3/c1-19-9-10-20-8-2-7-17-14-5-4-13(16)11-12(14)3-6-15(17)18/h4-5,11H,2-3,6-10,16H2,1H3. The molecular formula is C15H22N2O3. The van der Waals surface area contributed by atoms with Crippen molar-refractivity contribution < 1.29 is 14.3 Å². The molecule has 1 heterocycles. The van der Waals surface area contributed by atoms with Crippen molar-refractivity contribution in [3.8, 4) is 0 Å². The normalized spacial score (nSPS) is 14.4. The van der Waals surface area contributed by atoms with E-state index < -0.39 is 0 Å². The molecule has 1 aromatic rings. The Morgan fingerprint density at radius 1 is 1.25 bits per heavy atom. The van der Waals surface area contributed by atoms with E-state index in [-0.39, 0.29) is 5.91 Å². The van der Waals surface area contributed by atoms with Crippen LogP contribution in [0.4, 0.5) is 11.4 Å². The lowest BCUT2D eigenvalue weighted by atomic mass is 10.0. The maximum atomic E-state index is 12.0. The zero-order chi connectivity index (χ0) is 14.4. The van der Waals surface area contributed by atoms with Gasteiger partial charge in [0.25, 0.3) is 0 Å². The summed E-state index contributed by atoms with van der Waals surface area (Å²) in [6.45, 7) is 2.52. The van der Waals surface area contributed by atoms with Crippen molar-refractivity contribution in [2.24, 2.45) is 0 Å². The Bertz CT molecular complexity index is 462. The SMILES string of the molecule is COCCOCCCN1C(=O)CCc2cc(N)ccc21. The van der Waals surface area contributed by atoms with Gasteiger partial charge in [-0.1, -0.05) is 0 Å². The van der Waals surface area contributed by atoms with Gasteiger partial charge < -0.3 is 20.1 Å². The Hall–Kier alpha value is -1.59. The number of methoxy groups -OCH3 is 1. The smallest absolute Gasteiger partial charge is 0.227 e. The van der Waals surface area contributed by atoms with Gasteiger partial charge in [0.15, 0.2) is 0 Å². The molecule has 110 valence electrons. The third kappa shape index (κ3) is 3.71. The number of carbonyl (C=O) groups is 1. The van der Waals surface area contributed by atoms with Gasteiger partial charge in [-0.25, -0.2) is 0 Å². The molecule has 0 spiro atoms. The van der Waals surface area contributed by atoms with Crippen molar-refractivity contribution in [1.29, 1.82) is 0 Å². The Kier molecular flexibility index (Phi) is 5.38. The summed E-state index contributed by atoms with van der Waals surface area (Å²) >= 11 is 0. The fourth-order valence-corrected chi connectivity index (χ4v) is 2.39. The first-order chi connectivity index (χ1) is 9.72. The van der Waals surface area contributed by atoms with Gasteiger partial charge in [-0.15, -0.1) is 0 Å². The number of aryl methyl sites for hydroxylation is 1. The number of carbonyl (C=O) groups excluding carboxylic acids is 1. The number of nitrogens with two attached hydrogens (primary N) is 1. The minimum absolute atomic E-state index is 0.180. The first-order valence-electron chi connectivity index (χ1n) is 6.98. The summed E-state index contributed by atoms with van der Waals surface area (Å²) in [4.78, 5) is 13.9. The number of nitrogens with zero attached hydrogens (tertiary/aromatic N) is 1. The van der Waals surface area contributed by atoms with E-state index in [2.05, 4.69) is 0 Å². The van der Waals surface area contributed by atoms with E-state index >= 15 is 0 Å². The minimum atomic E-state index is 0.180. The van der Waals surface area contributed by atoms with E-state index in [1.165, 1.54) is 0 Å². The van der Waals surface area contributed by atoms with Gasteiger partial charge in [0, 0.05) is 38.1 Å². The van der Waals surface area contributed by atoms with E-state index in [0.29, 0.717) is 32.8 Å². The minimum Gasteiger partial charge on any atom is -0.399 e. The van der Waals surface area contributed by atoms with Crippen LogP contribution in [0.1, 0.15) is 18.4 Å². The molecule has 0 saturated carbocycles. The number of anilines is 2. The first kappa shape index (κ1) is 14.8. The highest BCUT2D eigenvalue weighted by Crippen LogP contribution is 2.29. The third-order valence-corrected chi connectivity index (χ3v) is 3.41. The second kappa shape index (κ2) is 7.26. The number of amides is 1. The second-order valence-electron chi connectivity index (χ2n) is 4.89. The van der Waals surface area contributed by atoms with Crippen molar-refractivity contribution in [2.45, 2.75) is 19.3 Å². The molecule has 0 aliphatic carbocycles. The fraction of sp³-hybridized carbons (Fsp3) is 0.533. The van der Waals surface area contributed by atoms with Crippen LogP contribution in [-0.4, -0.2) is 39.4 Å². The molecule has 0 atom stereocenters. The van der Waals surface area contributed by atoms with Crippen molar-refractivity contribution in [1.82, 2.24) is 0 Å². The fourth-order valence-electron chi connectivity index (χ4n) is 2.39. The highest BCUT2D eigenvalue weighted by Gasteiger charge is 2.23. The summed E-state index contributed by atoms with van der Waals surface area (Å²) in [6.07, 6.45) is 2.15. The van der Waals surface area contributed by atoms with Crippen LogP contribution < -0.4 is 10.6 Å². The van der Waals surface area contributed by atoms with E-state index in [0.717, 1.165) is 29.8 Å². The van der Waals surface area contributed by atoms with Crippen molar-refractivity contribution in [3.05, 3.63) is 23.8 Å². The number of rotatable bonds is 7. The van der Waals surface area contributed by atoms with Crippen molar-refractivity contribution >= 4 is 17.3 Å². The van der Waals surface area contributed by atoms with Crippen LogP contribution in [0, 0.1) is 0 Å². The molecule has 1 aliphatic heterocycles. The summed E-state index contributed by atoms with van der Waals surface area (Å²) in [7, 11) is 1.65. The van der Waals surface area contributed by atoms with Gasteiger partial charge >= 0.3 is 0 Å². The molecule has 0 saturated heterocycles. The van der Waals surface area contributed by atoms with Gasteiger partial charge in [0.05, 0.1) is 13.2 Å². The lowest BCUT2D eigenvalue weighted by Gasteiger charge is -2.29. The third-order valence-electron chi connectivity index (χ3n) is 3.41. The highest BCUT2D eigenvalue weighted by atomic mass is 16.5. The molecule has 0 aromatic heterocycles. The lowest BCUT2D eigenvalue weighted by molar-refractivity contribution is -0.118. The zero-order valence-corrected chi connectivity index (χ0v) is 11.9. The van der Waals surface area contributed by atoms with Gasteiger partial charge in [0.2, 0.25) is 5.91 Å². The number of ether oxygens (including phenoxy) is 2. The predicted molar refractivity (Wildman–Crippen MR) is 78.8 cm³/mol. The van der Waals surface area contributed by atoms with E-state index in [1.54, 1.807) is 7.11 Å². The molecule has 0 bridgehead atoms. The Morgan fingerprint density at radius 2 is 2.10 bits per heavy atom. The second-order valence-corrected chi connectivity index (χ2v) is 4.89. The van der Waals surface area contributed by atoms with E-state index in [1.807, 2.05) is 23.1 Å². The number of hydrogen-bond acceptors (Lipinski definition) is 4. The molecule has 5 nitrogen and oxygen atoms in total. The molecule has 0 fully saturated rings. The van der Waals surface area contributed by atoms with Crippen LogP contribution in [0.5, 0.6) is 0 Å². The first-order valence-corrected chi connectivity index (χ1v) is 6.98. The van der Waals surface area contributed by atoms with Gasteiger partial charge in [-0.05, 0) is 36.6 Å². The molecule has 20 heavy (non-hydrogen) atoms. The van der Waals surface area contributed by atoms with Crippen LogP contribution in [0.3, 0.4) is 0 Å². The predicted octanol–water partition coefficient (Wildman–Crippen LogP) is 1.60. The van der Waals surface area contributed by atoms with Crippen LogP contribution in [-0.2, 0) is 20.7 Å². The summed E-state index contributed by atoms with van der Waals surface area (Å²) in [5, 5.41) is 0. The van der Waals surface area contributed by atoms with Crippen molar-refractivity contribution in [2.75, 3.05) is 44.1 Å². The highest BCUT2D eigenvalue weighted by molar-refractivity contribution is 5.96. The van der Waals surface area contributed by atoms with Crippen LogP contribution in [0.25, 0.3) is 0 Å². The van der Waals surface area contributed by atoms with E-state index in [4.69, 9.17) is 15.2 Å². The molecule has 2 rings (SSSR count). The van der Waals surface area contributed by atoms with Crippen LogP contribution in [0.15, 0.2) is 18.2 Å². The Labute approximate surface area is 119 Å². The average Bonchev–Trinajstić information content (AvgIpc) is 2.44. The summed E-state index contributed by atoms with van der Waals surface area (Å²) in [5.41, 5.74) is 8.70. The molecule has 0 unspecified atom stereocenters. The lowest BCUT2D eigenvalue weighted by Crippen LogP contribution is -2.36. The maximum Gasteiger partial charge on any atom is 0.227 e. The number of nitrogen functional groups attached to an aromatic ring is 1. The van der Waals surface area contributed by atoms with E-state index in [9.17, 15) is 4.79 Å². The summed E-state index contributed by atoms with van der Waals surface area (Å²) in [6, 6.07) is 5.75. The van der Waals surface area contributed by atoms with Gasteiger partial charge in [0.1, 0.15) is 0 Å². The van der Waals surface area contributed by atoms with Gasteiger partial charge in [-0.3, -0.25) is 4.79 Å². The van der Waals surface area contributed by atoms with Crippen LogP contribution in [0.2, 0.25) is 0 Å². The molecular weight excluding hydrogens is 256 g/mol. The quantitative estimate of drug-likeness (QED) is 0.608. The van der Waals surface area contributed by atoms with Crippen molar-refractivity contribution in [3.63, 3.8) is 0 Å². The molecule has 5 heteroatoms. The number of hydrogen-bond donors (Lipinski definition) is 1. The summed E-state index contributed by atoms with van der Waals surface area (Å²) < 4.78 is 10.3. The molecule has 0 radical (unpaired) electrons. The molecule has 1 aromatic carbocycles. The molecule has 2 N–H and O–H groups in total. The average molecular weight is 278 g/mol. The van der Waals surface area contributed by atoms with Crippen LogP contribution >= 0.6 is 0 Å². The monoisotopic (exact) mass is 278 g/mol. The summed E-state index contributed by atoms with van der Waals surface area (Å²) in [5.74, 6) is 0.180. The number of fused-ring (bicyclic) bond motifs is 1. The number of benzene rings is 1. The Balaban J connectivity index is 1.89. The topological polar surface area (TPSA) is 64.8 Å².